The standard InChI is InChI=1S/C19H19ClN4O3/c1-13-15(20)3-2-4-16(13)22-18(26)17-11-14(5-6-21-17)19(27)24-9-7-23(12-25)8-10-24/h2-6,11-12H,7-10H2,1H3,(H,22,26). The molecule has 1 aromatic heterocycles. The second-order valence-electron chi connectivity index (χ2n) is 6.23. The highest BCUT2D eigenvalue weighted by Crippen LogP contribution is 2.23. The van der Waals surface area contributed by atoms with Crippen molar-refractivity contribution < 1.29 is 14.4 Å². The lowest BCUT2D eigenvalue weighted by Crippen LogP contribution is -2.48. The summed E-state index contributed by atoms with van der Waals surface area (Å²) in [6, 6.07) is 8.30. The summed E-state index contributed by atoms with van der Waals surface area (Å²) in [6.45, 7) is 3.74. The Morgan fingerprint density at radius 2 is 1.93 bits per heavy atom. The fourth-order valence-electron chi connectivity index (χ4n) is 2.83. The zero-order chi connectivity index (χ0) is 19.4. The van der Waals surface area contributed by atoms with E-state index in [1.165, 1.54) is 12.3 Å². The van der Waals surface area contributed by atoms with Crippen LogP contribution in [0.5, 0.6) is 0 Å². The van der Waals surface area contributed by atoms with Gasteiger partial charge in [0.2, 0.25) is 6.41 Å². The Labute approximate surface area is 161 Å². The molecule has 1 aromatic carbocycles. The zero-order valence-corrected chi connectivity index (χ0v) is 15.6. The molecule has 0 radical (unpaired) electrons. The van der Waals surface area contributed by atoms with Crippen molar-refractivity contribution in [1.82, 2.24) is 14.8 Å². The van der Waals surface area contributed by atoms with E-state index in [-0.39, 0.29) is 11.6 Å². The first-order chi connectivity index (χ1) is 13.0. The highest BCUT2D eigenvalue weighted by atomic mass is 35.5. The summed E-state index contributed by atoms with van der Waals surface area (Å²) >= 11 is 6.07. The Bertz CT molecular complexity index is 879. The van der Waals surface area contributed by atoms with E-state index in [2.05, 4.69) is 10.3 Å². The summed E-state index contributed by atoms with van der Waals surface area (Å²) in [6.07, 6.45) is 2.23. The minimum Gasteiger partial charge on any atom is -0.342 e. The number of pyridine rings is 1. The number of nitrogens with one attached hydrogen (secondary N) is 1. The number of carbonyl (C=O) groups is 3. The Morgan fingerprint density at radius 3 is 2.63 bits per heavy atom. The molecule has 1 fully saturated rings. The van der Waals surface area contributed by atoms with Crippen LogP contribution in [0.4, 0.5) is 5.69 Å². The molecule has 1 saturated heterocycles. The Balaban J connectivity index is 1.73. The average molecular weight is 387 g/mol. The van der Waals surface area contributed by atoms with Crippen LogP contribution < -0.4 is 5.32 Å². The molecule has 8 heteroatoms. The van der Waals surface area contributed by atoms with Crippen LogP contribution in [0.1, 0.15) is 26.4 Å². The van der Waals surface area contributed by atoms with Crippen LogP contribution in [0.2, 0.25) is 5.02 Å². The first kappa shape index (κ1) is 18.8. The molecule has 3 rings (SSSR count). The van der Waals surface area contributed by atoms with E-state index in [4.69, 9.17) is 11.6 Å². The lowest BCUT2D eigenvalue weighted by molar-refractivity contribution is -0.119. The van der Waals surface area contributed by atoms with Crippen molar-refractivity contribution in [3.05, 3.63) is 58.4 Å². The molecule has 3 amide bonds. The zero-order valence-electron chi connectivity index (χ0n) is 14.8. The summed E-state index contributed by atoms with van der Waals surface area (Å²) in [4.78, 5) is 43.3. The van der Waals surface area contributed by atoms with Crippen molar-refractivity contribution in [3.8, 4) is 0 Å². The molecule has 1 aliphatic rings. The molecule has 2 aromatic rings. The Hall–Kier alpha value is -2.93. The van der Waals surface area contributed by atoms with Crippen LogP contribution in [0.15, 0.2) is 36.5 Å². The predicted octanol–water partition coefficient (Wildman–Crippen LogP) is 2.21. The smallest absolute Gasteiger partial charge is 0.274 e. The third kappa shape index (κ3) is 4.25. The first-order valence-electron chi connectivity index (χ1n) is 8.50. The summed E-state index contributed by atoms with van der Waals surface area (Å²) in [5, 5.41) is 3.32. The molecule has 140 valence electrons. The highest BCUT2D eigenvalue weighted by Gasteiger charge is 2.22. The van der Waals surface area contributed by atoms with Crippen LogP contribution >= 0.6 is 11.6 Å². The van der Waals surface area contributed by atoms with E-state index in [9.17, 15) is 14.4 Å². The number of hydrogen-bond acceptors (Lipinski definition) is 4. The van der Waals surface area contributed by atoms with Gasteiger partial charge in [0, 0.05) is 48.6 Å². The first-order valence-corrected chi connectivity index (χ1v) is 8.88. The molecular weight excluding hydrogens is 368 g/mol. The number of halogens is 1. The fraction of sp³-hybridized carbons (Fsp3) is 0.263. The summed E-state index contributed by atoms with van der Waals surface area (Å²) in [5.74, 6) is -0.600. The second kappa shape index (κ2) is 8.18. The van der Waals surface area contributed by atoms with E-state index in [0.717, 1.165) is 12.0 Å². The number of hydrogen-bond donors (Lipinski definition) is 1. The lowest BCUT2D eigenvalue weighted by atomic mass is 10.1. The van der Waals surface area contributed by atoms with Gasteiger partial charge in [0.25, 0.3) is 11.8 Å². The van der Waals surface area contributed by atoms with E-state index < -0.39 is 5.91 Å². The van der Waals surface area contributed by atoms with Crippen molar-refractivity contribution in [3.63, 3.8) is 0 Å². The van der Waals surface area contributed by atoms with Gasteiger partial charge < -0.3 is 15.1 Å². The van der Waals surface area contributed by atoms with Gasteiger partial charge in [0.15, 0.2) is 0 Å². The third-order valence-electron chi connectivity index (χ3n) is 4.51. The number of nitrogens with zero attached hydrogens (tertiary/aromatic N) is 3. The number of amides is 3. The molecule has 1 N–H and O–H groups in total. The number of carbonyl (C=O) groups excluding carboxylic acids is 3. The SMILES string of the molecule is Cc1c(Cl)cccc1NC(=O)c1cc(C(=O)N2CCN(C=O)CC2)ccn1. The third-order valence-corrected chi connectivity index (χ3v) is 4.92. The van der Waals surface area contributed by atoms with Gasteiger partial charge >= 0.3 is 0 Å². The average Bonchev–Trinajstić information content (AvgIpc) is 2.71. The topological polar surface area (TPSA) is 82.6 Å². The molecular formula is C19H19ClN4O3. The largest absolute Gasteiger partial charge is 0.342 e. The van der Waals surface area contributed by atoms with Gasteiger partial charge in [-0.05, 0) is 36.8 Å². The van der Waals surface area contributed by atoms with Crippen molar-refractivity contribution in [1.29, 1.82) is 0 Å². The molecule has 27 heavy (non-hydrogen) atoms. The number of benzene rings is 1. The maximum atomic E-state index is 12.7. The number of piperazine rings is 1. The minimum absolute atomic E-state index is 0.145. The molecule has 0 atom stereocenters. The maximum absolute atomic E-state index is 12.7. The normalized spacial score (nSPS) is 14.0. The van der Waals surface area contributed by atoms with Crippen molar-refractivity contribution in [2.75, 3.05) is 31.5 Å². The highest BCUT2D eigenvalue weighted by molar-refractivity contribution is 6.31. The minimum atomic E-state index is -0.416. The summed E-state index contributed by atoms with van der Waals surface area (Å²) in [5.41, 5.74) is 1.88. The van der Waals surface area contributed by atoms with E-state index in [1.54, 1.807) is 34.1 Å². The van der Waals surface area contributed by atoms with Crippen LogP contribution in [0.25, 0.3) is 0 Å². The van der Waals surface area contributed by atoms with Crippen LogP contribution in [0.3, 0.4) is 0 Å². The molecule has 2 heterocycles. The number of anilines is 1. The van der Waals surface area contributed by atoms with Crippen LogP contribution in [0, 0.1) is 6.92 Å². The molecule has 0 bridgehead atoms. The van der Waals surface area contributed by atoms with E-state index >= 15 is 0 Å². The monoisotopic (exact) mass is 386 g/mol. The van der Waals surface area contributed by atoms with Gasteiger partial charge in [-0.15, -0.1) is 0 Å². The molecule has 7 nitrogen and oxygen atoms in total. The number of rotatable bonds is 4. The Morgan fingerprint density at radius 1 is 1.19 bits per heavy atom. The van der Waals surface area contributed by atoms with Crippen molar-refractivity contribution >= 4 is 35.5 Å². The maximum Gasteiger partial charge on any atom is 0.274 e. The number of aromatic nitrogens is 1. The van der Waals surface area contributed by atoms with Crippen molar-refractivity contribution in [2.24, 2.45) is 0 Å². The van der Waals surface area contributed by atoms with Crippen LogP contribution in [-0.2, 0) is 4.79 Å². The summed E-state index contributed by atoms with van der Waals surface area (Å²) < 4.78 is 0. The van der Waals surface area contributed by atoms with Gasteiger partial charge in [-0.1, -0.05) is 17.7 Å². The lowest BCUT2D eigenvalue weighted by Gasteiger charge is -2.32. The van der Waals surface area contributed by atoms with E-state index in [1.807, 2.05) is 6.92 Å². The second-order valence-corrected chi connectivity index (χ2v) is 6.64. The van der Waals surface area contributed by atoms with Crippen LogP contribution in [-0.4, -0.2) is 59.2 Å². The summed E-state index contributed by atoms with van der Waals surface area (Å²) in [7, 11) is 0. The molecule has 0 spiro atoms. The van der Waals surface area contributed by atoms with Gasteiger partial charge in [0.05, 0.1) is 0 Å². The molecule has 0 saturated carbocycles. The fourth-order valence-corrected chi connectivity index (χ4v) is 3.00. The van der Waals surface area contributed by atoms with E-state index in [0.29, 0.717) is 42.5 Å². The van der Waals surface area contributed by atoms with Gasteiger partial charge in [-0.2, -0.15) is 0 Å². The quantitative estimate of drug-likeness (QED) is 0.817. The van der Waals surface area contributed by atoms with Crippen molar-refractivity contribution in [2.45, 2.75) is 6.92 Å². The van der Waals surface area contributed by atoms with Gasteiger partial charge in [-0.3, -0.25) is 19.4 Å². The predicted molar refractivity (Wildman–Crippen MR) is 102 cm³/mol. The Kier molecular flexibility index (Phi) is 5.71. The van der Waals surface area contributed by atoms with Gasteiger partial charge in [0.1, 0.15) is 5.69 Å². The van der Waals surface area contributed by atoms with Gasteiger partial charge in [-0.25, -0.2) is 0 Å². The molecule has 0 aliphatic carbocycles. The molecule has 0 unspecified atom stereocenters. The molecule has 1 aliphatic heterocycles.